The fraction of sp³-hybridized carbons (Fsp3) is 0.169. The van der Waals surface area contributed by atoms with Gasteiger partial charge in [0.2, 0.25) is 0 Å². The van der Waals surface area contributed by atoms with Gasteiger partial charge in [0.1, 0.15) is 0 Å². The van der Waals surface area contributed by atoms with Crippen LogP contribution in [0.2, 0.25) is 0 Å². The summed E-state index contributed by atoms with van der Waals surface area (Å²) in [7, 11) is 0. The highest BCUT2D eigenvalue weighted by molar-refractivity contribution is 6.02. The Labute approximate surface area is 404 Å². The quantitative estimate of drug-likeness (QED) is 0.167. The van der Waals surface area contributed by atoms with Crippen molar-refractivity contribution in [3.8, 4) is 22.5 Å². The maximum absolute atomic E-state index is 5.35. The standard InChI is InChI=1S/C65H52N4/c1-41-62(49-23-14-21-45(36-49)42-16-4-2-5-17-42)66-65(44-19-6-3-7-20-44)67-63(41)50-31-30-47-38-51(34-32-46(47)37-50)68-58-27-12-11-26-54(58)57-39-48-22-15-29-60(56(48)40-61(57)68)69-59-28-13-10-25-53(59)55-35-33-43-18-8-9-24-52(43)64(55)69/h4,6,8-11,13-26,28-38,40,53,57,59H,2-3,5,7,12,27,39H2,1H3. The largest absolute Gasteiger partial charge is 0.332 e. The Hall–Kier alpha value is -7.82. The van der Waals surface area contributed by atoms with Crippen LogP contribution in [0.15, 0.2) is 205 Å². The predicted octanol–water partition coefficient (Wildman–Crippen LogP) is 16.3. The summed E-state index contributed by atoms with van der Waals surface area (Å²) in [5.41, 5.74) is 21.2. The van der Waals surface area contributed by atoms with E-state index < -0.39 is 0 Å². The maximum atomic E-state index is 5.35. The number of aromatic nitrogens is 2. The molecular weight excluding hydrogens is 837 g/mol. The molecule has 4 nitrogen and oxygen atoms in total. The lowest BCUT2D eigenvalue weighted by Gasteiger charge is -2.34. The second-order valence-electron chi connectivity index (χ2n) is 19.7. The molecule has 0 bridgehead atoms. The lowest BCUT2D eigenvalue weighted by molar-refractivity contribution is 0.723. The first kappa shape index (κ1) is 40.3. The van der Waals surface area contributed by atoms with Crippen LogP contribution in [0.3, 0.4) is 0 Å². The molecule has 3 heterocycles. The van der Waals surface area contributed by atoms with Crippen molar-refractivity contribution >= 4 is 55.8 Å². The van der Waals surface area contributed by atoms with E-state index in [9.17, 15) is 0 Å². The summed E-state index contributed by atoms with van der Waals surface area (Å²) in [5, 5.41) is 5.03. The van der Waals surface area contributed by atoms with Crippen molar-refractivity contribution in [1.82, 2.24) is 9.97 Å². The van der Waals surface area contributed by atoms with E-state index in [1.54, 1.807) is 0 Å². The van der Waals surface area contributed by atoms with E-state index in [4.69, 9.17) is 9.97 Å². The zero-order chi connectivity index (χ0) is 45.6. The molecule has 0 amide bonds. The van der Waals surface area contributed by atoms with Gasteiger partial charge in [-0.05, 0) is 132 Å². The van der Waals surface area contributed by atoms with Crippen LogP contribution in [0.4, 0.5) is 17.1 Å². The molecule has 2 aliphatic heterocycles. The summed E-state index contributed by atoms with van der Waals surface area (Å²) in [4.78, 5) is 16.0. The average Bonchev–Trinajstić information content (AvgIpc) is 3.93. The molecule has 4 heteroatoms. The van der Waals surface area contributed by atoms with E-state index in [1.807, 2.05) is 0 Å². The van der Waals surface area contributed by atoms with E-state index in [0.29, 0.717) is 11.8 Å². The Morgan fingerprint density at radius 1 is 0.609 bits per heavy atom. The molecule has 332 valence electrons. The third kappa shape index (κ3) is 6.56. The minimum atomic E-state index is 0.219. The molecule has 0 spiro atoms. The van der Waals surface area contributed by atoms with Gasteiger partial charge in [0.15, 0.2) is 5.82 Å². The van der Waals surface area contributed by atoms with E-state index in [1.165, 1.54) is 83.4 Å². The molecule has 3 unspecified atom stereocenters. The van der Waals surface area contributed by atoms with Crippen molar-refractivity contribution < 1.29 is 0 Å². The van der Waals surface area contributed by atoms with Gasteiger partial charge in [-0.3, -0.25) is 0 Å². The fourth-order valence-electron chi connectivity index (χ4n) is 12.5. The van der Waals surface area contributed by atoms with Crippen LogP contribution in [0.1, 0.15) is 78.1 Å². The van der Waals surface area contributed by atoms with Crippen LogP contribution in [-0.2, 0) is 6.42 Å². The number of hydrogen-bond donors (Lipinski definition) is 0. The van der Waals surface area contributed by atoms with Gasteiger partial charge in [-0.25, -0.2) is 9.97 Å². The number of allylic oxidation sites excluding steroid dienone is 14. The third-order valence-corrected chi connectivity index (χ3v) is 15.7. The van der Waals surface area contributed by atoms with Crippen LogP contribution in [0, 0.1) is 12.8 Å². The van der Waals surface area contributed by atoms with Crippen molar-refractivity contribution in [1.29, 1.82) is 0 Å². The van der Waals surface area contributed by atoms with Crippen LogP contribution < -0.4 is 9.80 Å². The summed E-state index contributed by atoms with van der Waals surface area (Å²) >= 11 is 0. The van der Waals surface area contributed by atoms with E-state index in [0.717, 1.165) is 84.4 Å². The predicted molar refractivity (Wildman–Crippen MR) is 288 cm³/mol. The SMILES string of the molecule is Cc1c(-c2cccc(C3=CCCC=C3)c2)nc(C2=CCCC=C2)nc1-c1ccc2cc(N3C4=Cc5c(cccc5N5c6c(ccc7ccccc67)C6C=CC=CC65)CC4C4=C3CCC=C4)ccc2c1. The van der Waals surface area contributed by atoms with Crippen molar-refractivity contribution in [3.63, 3.8) is 0 Å². The Bertz CT molecular complexity index is 3640. The van der Waals surface area contributed by atoms with Crippen LogP contribution in [-0.4, -0.2) is 16.0 Å². The maximum Gasteiger partial charge on any atom is 0.160 e. The number of rotatable bonds is 6. The zero-order valence-corrected chi connectivity index (χ0v) is 38.9. The van der Waals surface area contributed by atoms with Crippen molar-refractivity contribution in [2.75, 3.05) is 9.80 Å². The second kappa shape index (κ2) is 16.2. The van der Waals surface area contributed by atoms with Gasteiger partial charge in [-0.15, -0.1) is 0 Å². The van der Waals surface area contributed by atoms with Gasteiger partial charge in [0, 0.05) is 67.8 Å². The van der Waals surface area contributed by atoms with Gasteiger partial charge >= 0.3 is 0 Å². The van der Waals surface area contributed by atoms with Crippen LogP contribution in [0.25, 0.3) is 61.3 Å². The first-order valence-electron chi connectivity index (χ1n) is 25.1. The van der Waals surface area contributed by atoms with Gasteiger partial charge < -0.3 is 9.80 Å². The van der Waals surface area contributed by atoms with E-state index >= 15 is 0 Å². The van der Waals surface area contributed by atoms with Crippen molar-refractivity contribution in [2.45, 2.75) is 63.8 Å². The summed E-state index contributed by atoms with van der Waals surface area (Å²) in [6.45, 7) is 2.19. The molecule has 1 aromatic heterocycles. The van der Waals surface area contributed by atoms with E-state index in [-0.39, 0.29) is 6.04 Å². The van der Waals surface area contributed by atoms with Gasteiger partial charge in [0.25, 0.3) is 0 Å². The average molecular weight is 889 g/mol. The molecular formula is C65H52N4. The Balaban J connectivity index is 0.864. The smallest absolute Gasteiger partial charge is 0.160 e. The Kier molecular flexibility index (Phi) is 9.43. The Morgan fingerprint density at radius 3 is 2.23 bits per heavy atom. The lowest BCUT2D eigenvalue weighted by atomic mass is 9.82. The molecule has 5 aliphatic carbocycles. The number of fused-ring (bicyclic) bond motifs is 9. The summed E-state index contributed by atoms with van der Waals surface area (Å²) < 4.78 is 0. The minimum absolute atomic E-state index is 0.219. The minimum Gasteiger partial charge on any atom is -0.332 e. The third-order valence-electron chi connectivity index (χ3n) is 15.7. The zero-order valence-electron chi connectivity index (χ0n) is 38.9. The molecule has 0 N–H and O–H groups in total. The number of hydrogen-bond acceptors (Lipinski definition) is 4. The molecule has 7 aromatic rings. The molecule has 0 radical (unpaired) electrons. The van der Waals surface area contributed by atoms with E-state index in [2.05, 4.69) is 211 Å². The fourth-order valence-corrected chi connectivity index (χ4v) is 12.5. The van der Waals surface area contributed by atoms with Crippen molar-refractivity contribution in [2.24, 2.45) is 5.92 Å². The molecule has 0 saturated heterocycles. The molecule has 0 fully saturated rings. The van der Waals surface area contributed by atoms with Crippen LogP contribution >= 0.6 is 0 Å². The molecule has 69 heavy (non-hydrogen) atoms. The summed E-state index contributed by atoms with van der Waals surface area (Å²) in [5.74, 6) is 1.40. The Morgan fingerprint density at radius 2 is 1.36 bits per heavy atom. The van der Waals surface area contributed by atoms with Crippen LogP contribution in [0.5, 0.6) is 0 Å². The highest BCUT2D eigenvalue weighted by Crippen LogP contribution is 2.55. The lowest BCUT2D eigenvalue weighted by Crippen LogP contribution is -2.30. The highest BCUT2D eigenvalue weighted by Gasteiger charge is 2.43. The monoisotopic (exact) mass is 888 g/mol. The number of benzene rings is 6. The van der Waals surface area contributed by atoms with Gasteiger partial charge in [-0.2, -0.15) is 0 Å². The van der Waals surface area contributed by atoms with Gasteiger partial charge in [0.05, 0.1) is 23.1 Å². The molecule has 3 atom stereocenters. The molecule has 14 rings (SSSR count). The van der Waals surface area contributed by atoms with Crippen molar-refractivity contribution in [3.05, 3.63) is 239 Å². The first-order valence-corrected chi connectivity index (χ1v) is 25.1. The normalized spacial score (nSPS) is 20.7. The first-order chi connectivity index (χ1) is 34.1. The topological polar surface area (TPSA) is 32.3 Å². The number of anilines is 3. The molecule has 7 aliphatic rings. The number of nitrogens with zero attached hydrogens (tertiary/aromatic N) is 4. The van der Waals surface area contributed by atoms with Gasteiger partial charge in [-0.1, -0.05) is 158 Å². The summed E-state index contributed by atoms with van der Waals surface area (Å²) in [6.07, 6.45) is 37.6. The second-order valence-corrected chi connectivity index (χ2v) is 19.7. The molecule has 0 saturated carbocycles. The molecule has 6 aromatic carbocycles. The highest BCUT2D eigenvalue weighted by atomic mass is 15.2. The summed E-state index contributed by atoms with van der Waals surface area (Å²) in [6, 6.07) is 43.8.